The predicted molar refractivity (Wildman–Crippen MR) is 106 cm³/mol. The zero-order chi connectivity index (χ0) is 19.4. The zero-order valence-electron chi connectivity index (χ0n) is 14.3. The fourth-order valence-electron chi connectivity index (χ4n) is 2.40. The Hall–Kier alpha value is -2.90. The lowest BCUT2D eigenvalue weighted by atomic mass is 10.2. The van der Waals surface area contributed by atoms with Crippen LogP contribution in [0.2, 0.25) is 5.02 Å². The van der Waals surface area contributed by atoms with Crippen LogP contribution < -0.4 is 10.0 Å². The Balaban J connectivity index is 1.89. The normalized spacial score (nSPS) is 11.0. The van der Waals surface area contributed by atoms with Crippen LogP contribution >= 0.6 is 11.6 Å². The maximum atomic E-state index is 12.7. The molecule has 2 aromatic carbocycles. The molecule has 0 aliphatic rings. The van der Waals surface area contributed by atoms with E-state index < -0.39 is 15.9 Å². The van der Waals surface area contributed by atoms with Gasteiger partial charge in [-0.15, -0.1) is 0 Å². The molecule has 2 N–H and O–H groups in total. The van der Waals surface area contributed by atoms with E-state index in [1.54, 1.807) is 30.3 Å². The number of halogens is 1. The summed E-state index contributed by atoms with van der Waals surface area (Å²) < 4.78 is 27.8. The van der Waals surface area contributed by atoms with Crippen LogP contribution in [0.5, 0.6) is 0 Å². The van der Waals surface area contributed by atoms with Gasteiger partial charge in [-0.05, 0) is 55.0 Å². The van der Waals surface area contributed by atoms with E-state index in [1.165, 1.54) is 30.6 Å². The lowest BCUT2D eigenvalue weighted by Gasteiger charge is -2.11. The molecule has 1 aromatic heterocycles. The molecule has 0 saturated carbocycles. The van der Waals surface area contributed by atoms with Crippen molar-refractivity contribution in [3.8, 4) is 0 Å². The molecule has 6 nitrogen and oxygen atoms in total. The summed E-state index contributed by atoms with van der Waals surface area (Å²) in [4.78, 5) is 16.3. The van der Waals surface area contributed by atoms with E-state index in [1.807, 2.05) is 13.0 Å². The number of nitrogens with zero attached hydrogens (tertiary/aromatic N) is 1. The summed E-state index contributed by atoms with van der Waals surface area (Å²) in [6, 6.07) is 14.2. The number of hydrogen-bond donors (Lipinski definition) is 2. The van der Waals surface area contributed by atoms with Gasteiger partial charge in [-0.1, -0.05) is 23.7 Å². The molecule has 0 spiro atoms. The molecule has 27 heavy (non-hydrogen) atoms. The number of rotatable bonds is 5. The molecule has 138 valence electrons. The second kappa shape index (κ2) is 7.77. The highest BCUT2D eigenvalue weighted by Crippen LogP contribution is 2.24. The van der Waals surface area contributed by atoms with Crippen LogP contribution in [0.15, 0.2) is 71.9 Å². The number of hydrogen-bond acceptors (Lipinski definition) is 4. The number of aromatic nitrogens is 1. The van der Waals surface area contributed by atoms with Gasteiger partial charge in [-0.25, -0.2) is 8.42 Å². The van der Waals surface area contributed by atoms with Crippen LogP contribution in [0.4, 0.5) is 11.4 Å². The zero-order valence-corrected chi connectivity index (χ0v) is 15.9. The fourth-order valence-corrected chi connectivity index (χ4v) is 3.68. The van der Waals surface area contributed by atoms with Crippen LogP contribution in [-0.2, 0) is 10.0 Å². The number of amides is 1. The summed E-state index contributed by atoms with van der Waals surface area (Å²) in [5, 5.41) is 2.81. The first-order valence-electron chi connectivity index (χ1n) is 7.95. The topological polar surface area (TPSA) is 88.2 Å². The van der Waals surface area contributed by atoms with E-state index in [-0.39, 0.29) is 15.5 Å². The van der Waals surface area contributed by atoms with Crippen LogP contribution in [-0.4, -0.2) is 19.3 Å². The van der Waals surface area contributed by atoms with Crippen molar-refractivity contribution in [3.63, 3.8) is 0 Å². The van der Waals surface area contributed by atoms with Crippen molar-refractivity contribution in [2.75, 3.05) is 10.0 Å². The summed E-state index contributed by atoms with van der Waals surface area (Å²) in [6.07, 6.45) is 3.06. The maximum Gasteiger partial charge on any atom is 0.261 e. The average molecular weight is 402 g/mol. The Morgan fingerprint density at radius 2 is 1.74 bits per heavy atom. The largest absolute Gasteiger partial charge is 0.322 e. The standard InChI is InChI=1S/C19H16ClN3O3S/c1-13-3-2-4-15(11-13)23-27(25,26)16-5-6-18(20)17(12-16)19(24)22-14-7-9-21-10-8-14/h2-12,23H,1H3,(H,21,22,24). The molecule has 1 heterocycles. The van der Waals surface area contributed by atoms with Gasteiger partial charge in [0.15, 0.2) is 0 Å². The number of carbonyl (C=O) groups excluding carboxylic acids is 1. The molecule has 0 bridgehead atoms. The van der Waals surface area contributed by atoms with E-state index in [9.17, 15) is 13.2 Å². The van der Waals surface area contributed by atoms with Gasteiger partial charge in [0.05, 0.1) is 15.5 Å². The number of sulfonamides is 1. The van der Waals surface area contributed by atoms with Crippen LogP contribution in [0.1, 0.15) is 15.9 Å². The second-order valence-electron chi connectivity index (χ2n) is 5.81. The summed E-state index contributed by atoms with van der Waals surface area (Å²) in [5.74, 6) is -0.515. The highest BCUT2D eigenvalue weighted by Gasteiger charge is 2.19. The molecule has 8 heteroatoms. The molecule has 3 aromatic rings. The number of carbonyl (C=O) groups is 1. The third-order valence-electron chi connectivity index (χ3n) is 3.70. The monoisotopic (exact) mass is 401 g/mol. The van der Waals surface area contributed by atoms with Crippen LogP contribution in [0.25, 0.3) is 0 Å². The molecule has 3 rings (SSSR count). The highest BCUT2D eigenvalue weighted by molar-refractivity contribution is 7.92. The molecule has 0 unspecified atom stereocenters. The minimum Gasteiger partial charge on any atom is -0.322 e. The minimum atomic E-state index is -3.87. The summed E-state index contributed by atoms with van der Waals surface area (Å²) in [6.45, 7) is 1.86. The van der Waals surface area contributed by atoms with E-state index in [4.69, 9.17) is 11.6 Å². The first kappa shape index (κ1) is 18.9. The van der Waals surface area contributed by atoms with E-state index in [0.717, 1.165) is 5.56 Å². The Labute approximate surface area is 162 Å². The van der Waals surface area contributed by atoms with Gasteiger partial charge >= 0.3 is 0 Å². The first-order valence-corrected chi connectivity index (χ1v) is 9.82. The fraction of sp³-hybridized carbons (Fsp3) is 0.0526. The summed E-state index contributed by atoms with van der Waals surface area (Å²) in [5.41, 5.74) is 1.94. The molecule has 0 aliphatic heterocycles. The van der Waals surface area contributed by atoms with Gasteiger partial charge in [-0.3, -0.25) is 14.5 Å². The molecule has 0 saturated heterocycles. The quantitative estimate of drug-likeness (QED) is 0.673. The van der Waals surface area contributed by atoms with Crippen LogP contribution in [0.3, 0.4) is 0 Å². The number of anilines is 2. The lowest BCUT2D eigenvalue weighted by molar-refractivity contribution is 0.102. The van der Waals surface area contributed by atoms with Gasteiger partial charge in [0.25, 0.3) is 15.9 Å². The third-order valence-corrected chi connectivity index (χ3v) is 5.41. The highest BCUT2D eigenvalue weighted by atomic mass is 35.5. The van der Waals surface area contributed by atoms with Gasteiger partial charge in [-0.2, -0.15) is 0 Å². The average Bonchev–Trinajstić information content (AvgIpc) is 2.62. The molecule has 0 fully saturated rings. The number of benzene rings is 2. The number of aryl methyl sites for hydroxylation is 1. The smallest absolute Gasteiger partial charge is 0.261 e. The molecule has 0 aliphatic carbocycles. The van der Waals surface area contributed by atoms with Gasteiger partial charge in [0, 0.05) is 23.8 Å². The Kier molecular flexibility index (Phi) is 5.43. The van der Waals surface area contributed by atoms with Crippen LogP contribution in [0, 0.1) is 6.92 Å². The molecule has 1 amide bonds. The lowest BCUT2D eigenvalue weighted by Crippen LogP contribution is -2.16. The van der Waals surface area contributed by atoms with Crippen molar-refractivity contribution < 1.29 is 13.2 Å². The minimum absolute atomic E-state index is 0.0561. The molecule has 0 radical (unpaired) electrons. The van der Waals surface area contributed by atoms with Crippen molar-refractivity contribution in [2.45, 2.75) is 11.8 Å². The number of nitrogens with one attached hydrogen (secondary N) is 2. The molecular weight excluding hydrogens is 386 g/mol. The Morgan fingerprint density at radius 1 is 1.00 bits per heavy atom. The van der Waals surface area contributed by atoms with Crippen molar-refractivity contribution >= 4 is 38.9 Å². The van der Waals surface area contributed by atoms with Gasteiger partial charge in [0.2, 0.25) is 0 Å². The Morgan fingerprint density at radius 3 is 2.44 bits per heavy atom. The van der Waals surface area contributed by atoms with Crippen molar-refractivity contribution in [3.05, 3.63) is 83.1 Å². The molecular formula is C19H16ClN3O3S. The van der Waals surface area contributed by atoms with Crippen molar-refractivity contribution in [1.29, 1.82) is 0 Å². The number of pyridine rings is 1. The van der Waals surface area contributed by atoms with E-state index in [0.29, 0.717) is 11.4 Å². The third kappa shape index (κ3) is 4.64. The summed E-state index contributed by atoms with van der Waals surface area (Å²) in [7, 11) is -3.87. The van der Waals surface area contributed by atoms with Crippen molar-refractivity contribution in [1.82, 2.24) is 4.98 Å². The predicted octanol–water partition coefficient (Wildman–Crippen LogP) is 4.10. The Bertz CT molecular complexity index is 1090. The van der Waals surface area contributed by atoms with Crippen molar-refractivity contribution in [2.24, 2.45) is 0 Å². The maximum absolute atomic E-state index is 12.7. The first-order chi connectivity index (χ1) is 12.8. The molecule has 0 atom stereocenters. The van der Waals surface area contributed by atoms with E-state index >= 15 is 0 Å². The summed E-state index contributed by atoms with van der Waals surface area (Å²) >= 11 is 6.10. The van der Waals surface area contributed by atoms with Gasteiger partial charge in [0.1, 0.15) is 0 Å². The van der Waals surface area contributed by atoms with Gasteiger partial charge < -0.3 is 5.32 Å². The second-order valence-corrected chi connectivity index (χ2v) is 7.90. The van der Waals surface area contributed by atoms with E-state index in [2.05, 4.69) is 15.0 Å². The SMILES string of the molecule is Cc1cccc(NS(=O)(=O)c2ccc(Cl)c(C(=O)Nc3ccncc3)c2)c1.